The van der Waals surface area contributed by atoms with Crippen LogP contribution in [0.3, 0.4) is 0 Å². The van der Waals surface area contributed by atoms with E-state index in [1.54, 1.807) is 34.9 Å². The van der Waals surface area contributed by atoms with Gasteiger partial charge in [-0.25, -0.2) is 4.68 Å². The maximum absolute atomic E-state index is 14.1. The van der Waals surface area contributed by atoms with Gasteiger partial charge in [0.2, 0.25) is 11.8 Å². The van der Waals surface area contributed by atoms with Gasteiger partial charge in [-0.05, 0) is 48.7 Å². The third-order valence-corrected chi connectivity index (χ3v) is 7.05. The van der Waals surface area contributed by atoms with Gasteiger partial charge in [0, 0.05) is 25.3 Å². The van der Waals surface area contributed by atoms with E-state index in [-0.39, 0.29) is 31.0 Å². The summed E-state index contributed by atoms with van der Waals surface area (Å²) >= 11 is 0. The maximum Gasteiger partial charge on any atom is 0.247 e. The lowest BCUT2D eigenvalue weighted by atomic mass is 10.0. The Kier molecular flexibility index (Phi) is 8.56. The Morgan fingerprint density at radius 2 is 1.88 bits per heavy atom. The Morgan fingerprint density at radius 3 is 2.62 bits per heavy atom. The lowest BCUT2D eigenvalue weighted by Crippen LogP contribution is -2.47. The number of rotatable bonds is 11. The van der Waals surface area contributed by atoms with E-state index in [9.17, 15) is 9.59 Å². The molecule has 0 spiro atoms. The standard InChI is InChI=1S/C30H33N5O5/c1-38-22-14-15-27(39-2)24(17-22)29(30(37)31-18-21-9-4-3-5-10-21)34(19-23-11-8-16-40-23)28(36)20-35-26-13-7-6-12-25(26)32-33-35/h3-7,9-10,12-15,17,23,29H,8,11,16,18-20H2,1-2H3,(H,31,37)/t23-,29+/m0/s1. The maximum atomic E-state index is 14.1. The molecule has 4 aromatic rings. The zero-order valence-electron chi connectivity index (χ0n) is 22.7. The topological polar surface area (TPSA) is 108 Å². The van der Waals surface area contributed by atoms with Gasteiger partial charge in [0.1, 0.15) is 29.6 Å². The summed E-state index contributed by atoms with van der Waals surface area (Å²) in [6.07, 6.45) is 1.50. The first kappa shape index (κ1) is 27.1. The van der Waals surface area contributed by atoms with Crippen LogP contribution < -0.4 is 14.8 Å². The first-order valence-corrected chi connectivity index (χ1v) is 13.3. The third-order valence-electron chi connectivity index (χ3n) is 7.05. The number of carbonyl (C=O) groups excluding carboxylic acids is 2. The van der Waals surface area contributed by atoms with E-state index in [1.807, 2.05) is 54.6 Å². The fourth-order valence-electron chi connectivity index (χ4n) is 5.00. The predicted molar refractivity (Wildman–Crippen MR) is 149 cm³/mol. The van der Waals surface area contributed by atoms with Crippen molar-refractivity contribution in [3.63, 3.8) is 0 Å². The molecule has 1 aromatic heterocycles. The zero-order valence-corrected chi connectivity index (χ0v) is 22.7. The van der Waals surface area contributed by atoms with Gasteiger partial charge in [0.15, 0.2) is 0 Å². The monoisotopic (exact) mass is 543 g/mol. The largest absolute Gasteiger partial charge is 0.497 e. The summed E-state index contributed by atoms with van der Waals surface area (Å²) < 4.78 is 18.6. The molecule has 10 heteroatoms. The van der Waals surface area contributed by atoms with Crippen molar-refractivity contribution in [2.24, 2.45) is 0 Å². The van der Waals surface area contributed by atoms with Crippen molar-refractivity contribution < 1.29 is 23.8 Å². The highest BCUT2D eigenvalue weighted by atomic mass is 16.5. The van der Waals surface area contributed by atoms with Crippen LogP contribution in [0.4, 0.5) is 0 Å². The first-order valence-electron chi connectivity index (χ1n) is 13.3. The SMILES string of the molecule is COc1ccc(OC)c([C@H](C(=O)NCc2ccccc2)N(C[C@@H]2CCCO2)C(=O)Cn2nnc3ccccc32)c1. The molecule has 2 atom stereocenters. The van der Waals surface area contributed by atoms with Crippen LogP contribution in [0.1, 0.15) is 30.0 Å². The molecule has 3 aromatic carbocycles. The molecule has 2 amide bonds. The lowest BCUT2D eigenvalue weighted by Gasteiger charge is -2.34. The first-order chi connectivity index (χ1) is 19.6. The van der Waals surface area contributed by atoms with Crippen molar-refractivity contribution >= 4 is 22.8 Å². The summed E-state index contributed by atoms with van der Waals surface area (Å²) in [7, 11) is 3.10. The molecule has 40 heavy (non-hydrogen) atoms. The van der Waals surface area contributed by atoms with Crippen molar-refractivity contribution in [2.45, 2.75) is 38.1 Å². The van der Waals surface area contributed by atoms with Crippen molar-refractivity contribution in [1.82, 2.24) is 25.2 Å². The number of carbonyl (C=O) groups is 2. The minimum atomic E-state index is -1.01. The molecule has 1 aliphatic rings. The van der Waals surface area contributed by atoms with Gasteiger partial charge in [-0.3, -0.25) is 9.59 Å². The van der Waals surface area contributed by atoms with Gasteiger partial charge in [-0.15, -0.1) is 5.10 Å². The van der Waals surface area contributed by atoms with E-state index >= 15 is 0 Å². The molecule has 5 rings (SSSR count). The van der Waals surface area contributed by atoms with E-state index in [0.717, 1.165) is 23.9 Å². The van der Waals surface area contributed by atoms with Crippen LogP contribution in [0.2, 0.25) is 0 Å². The fourth-order valence-corrected chi connectivity index (χ4v) is 5.00. The van der Waals surface area contributed by atoms with Crippen LogP contribution in [-0.4, -0.2) is 65.2 Å². The average molecular weight is 544 g/mol. The van der Waals surface area contributed by atoms with E-state index in [4.69, 9.17) is 14.2 Å². The van der Waals surface area contributed by atoms with Crippen LogP contribution in [0.15, 0.2) is 72.8 Å². The lowest BCUT2D eigenvalue weighted by molar-refractivity contribution is -0.143. The summed E-state index contributed by atoms with van der Waals surface area (Å²) in [5.41, 5.74) is 2.88. The van der Waals surface area contributed by atoms with E-state index in [0.29, 0.717) is 35.7 Å². The predicted octanol–water partition coefficient (Wildman–Crippen LogP) is 3.51. The molecular weight excluding hydrogens is 510 g/mol. The molecule has 0 saturated carbocycles. The highest BCUT2D eigenvalue weighted by Crippen LogP contribution is 2.34. The minimum absolute atomic E-state index is 0.0953. The third kappa shape index (κ3) is 6.07. The molecule has 0 radical (unpaired) electrons. The number of benzene rings is 3. The van der Waals surface area contributed by atoms with Gasteiger partial charge in [-0.2, -0.15) is 0 Å². The van der Waals surface area contributed by atoms with Gasteiger partial charge < -0.3 is 24.4 Å². The number of fused-ring (bicyclic) bond motifs is 1. The number of nitrogens with one attached hydrogen (secondary N) is 1. The number of ether oxygens (including phenoxy) is 3. The quantitative estimate of drug-likeness (QED) is 0.308. The summed E-state index contributed by atoms with van der Waals surface area (Å²) in [4.78, 5) is 29.7. The van der Waals surface area contributed by atoms with Crippen molar-refractivity contribution in [3.05, 3.63) is 83.9 Å². The van der Waals surface area contributed by atoms with Gasteiger partial charge in [0.05, 0.1) is 25.8 Å². The van der Waals surface area contributed by atoms with Crippen LogP contribution >= 0.6 is 0 Å². The molecule has 0 bridgehead atoms. The normalized spacial score (nSPS) is 15.5. The Hall–Kier alpha value is -4.44. The Labute approximate surface area is 232 Å². The van der Waals surface area contributed by atoms with Crippen LogP contribution in [-0.2, 0) is 27.4 Å². The number of aromatic nitrogens is 3. The van der Waals surface area contributed by atoms with Gasteiger partial charge in [-0.1, -0.05) is 47.7 Å². The van der Waals surface area contributed by atoms with Crippen molar-refractivity contribution in [2.75, 3.05) is 27.4 Å². The molecule has 1 saturated heterocycles. The van der Waals surface area contributed by atoms with Crippen molar-refractivity contribution in [3.8, 4) is 11.5 Å². The number of hydrogen-bond donors (Lipinski definition) is 1. The number of nitrogens with zero attached hydrogens (tertiary/aromatic N) is 4. The van der Waals surface area contributed by atoms with E-state index < -0.39 is 6.04 Å². The number of amides is 2. The Balaban J connectivity index is 1.53. The number of hydrogen-bond acceptors (Lipinski definition) is 7. The Bertz CT molecular complexity index is 1450. The summed E-state index contributed by atoms with van der Waals surface area (Å²) in [5.74, 6) is 0.376. The number of para-hydroxylation sites is 1. The van der Waals surface area contributed by atoms with Gasteiger partial charge in [0.25, 0.3) is 0 Å². The highest BCUT2D eigenvalue weighted by Gasteiger charge is 2.36. The molecule has 1 N–H and O–H groups in total. The van der Waals surface area contributed by atoms with Crippen molar-refractivity contribution in [1.29, 1.82) is 0 Å². The molecule has 0 unspecified atom stereocenters. The second-order valence-electron chi connectivity index (χ2n) is 9.63. The van der Waals surface area contributed by atoms with Crippen LogP contribution in [0.25, 0.3) is 11.0 Å². The Morgan fingerprint density at radius 1 is 1.07 bits per heavy atom. The second kappa shape index (κ2) is 12.6. The zero-order chi connectivity index (χ0) is 27.9. The summed E-state index contributed by atoms with van der Waals surface area (Å²) in [6, 6.07) is 21.3. The van der Waals surface area contributed by atoms with Crippen LogP contribution in [0, 0.1) is 0 Å². The van der Waals surface area contributed by atoms with Crippen LogP contribution in [0.5, 0.6) is 11.5 Å². The molecule has 1 aliphatic heterocycles. The molecular formula is C30H33N5O5. The van der Waals surface area contributed by atoms with E-state index in [1.165, 1.54) is 7.11 Å². The van der Waals surface area contributed by atoms with Gasteiger partial charge >= 0.3 is 0 Å². The highest BCUT2D eigenvalue weighted by molar-refractivity contribution is 5.90. The molecule has 0 aliphatic carbocycles. The second-order valence-corrected chi connectivity index (χ2v) is 9.63. The fraction of sp³-hybridized carbons (Fsp3) is 0.333. The molecule has 208 valence electrons. The summed E-state index contributed by atoms with van der Waals surface area (Å²) in [5, 5.41) is 11.4. The molecule has 1 fully saturated rings. The summed E-state index contributed by atoms with van der Waals surface area (Å²) in [6.45, 7) is 1.06. The molecule has 10 nitrogen and oxygen atoms in total. The number of methoxy groups -OCH3 is 2. The van der Waals surface area contributed by atoms with E-state index in [2.05, 4.69) is 15.6 Å². The average Bonchev–Trinajstić information content (AvgIpc) is 3.66. The molecule has 2 heterocycles. The smallest absolute Gasteiger partial charge is 0.247 e. The minimum Gasteiger partial charge on any atom is -0.497 e.